The van der Waals surface area contributed by atoms with Crippen LogP contribution in [0, 0.1) is 17.5 Å². The highest BCUT2D eigenvalue weighted by atomic mass is 79.9. The molecule has 0 spiro atoms. The molecule has 1 N–H and O–H groups in total. The van der Waals surface area contributed by atoms with E-state index in [1.54, 1.807) is 0 Å². The van der Waals surface area contributed by atoms with Crippen LogP contribution in [0.2, 0.25) is 0 Å². The van der Waals surface area contributed by atoms with Gasteiger partial charge in [0, 0.05) is 22.3 Å². The lowest BCUT2D eigenvalue weighted by Crippen LogP contribution is -1.95. The quantitative estimate of drug-likeness (QED) is 0.635. The van der Waals surface area contributed by atoms with Crippen LogP contribution in [0.4, 0.5) is 24.0 Å². The molecule has 0 fully saturated rings. The van der Waals surface area contributed by atoms with Crippen molar-refractivity contribution in [2.45, 2.75) is 0 Å². The molecule has 0 unspecified atom stereocenters. The molecule has 0 radical (unpaired) electrons. The van der Waals surface area contributed by atoms with Gasteiger partial charge in [0.1, 0.15) is 0 Å². The second kappa shape index (κ2) is 5.06. The molecule has 0 aliphatic carbocycles. The monoisotopic (exact) mass is 358 g/mol. The molecule has 1 heterocycles. The summed E-state index contributed by atoms with van der Waals surface area (Å²) in [6.45, 7) is 0. The summed E-state index contributed by atoms with van der Waals surface area (Å²) in [4.78, 5) is 4.29. The van der Waals surface area contributed by atoms with Gasteiger partial charge in [-0.1, -0.05) is 27.3 Å². The third kappa shape index (κ3) is 2.51. The third-order valence-electron chi connectivity index (χ3n) is 2.58. The zero-order valence-electron chi connectivity index (χ0n) is 9.75. The van der Waals surface area contributed by atoms with Gasteiger partial charge in [-0.2, -0.15) is 0 Å². The molecule has 2 aromatic carbocycles. The average Bonchev–Trinajstić information content (AvgIpc) is 2.77. The van der Waals surface area contributed by atoms with Crippen molar-refractivity contribution in [1.82, 2.24) is 4.98 Å². The minimum Gasteiger partial charge on any atom is -0.331 e. The Hall–Kier alpha value is -1.60. The second-order valence-electron chi connectivity index (χ2n) is 4.01. The number of fused-ring (bicyclic) bond motifs is 1. The molecule has 1 aromatic heterocycles. The van der Waals surface area contributed by atoms with Crippen molar-refractivity contribution in [1.29, 1.82) is 0 Å². The summed E-state index contributed by atoms with van der Waals surface area (Å²) < 4.78 is 40.9. The van der Waals surface area contributed by atoms with Crippen molar-refractivity contribution >= 4 is 48.3 Å². The smallest absolute Gasteiger partial charge is 0.194 e. The molecule has 0 aliphatic heterocycles. The standard InChI is InChI=1S/C13H6BrF3N2S/c14-6-1-2-11-10(3-6)19-13(20-11)18-7-4-8(15)12(17)9(16)5-7/h1-5H,(H,18,19). The Balaban J connectivity index is 1.96. The van der Waals surface area contributed by atoms with Gasteiger partial charge >= 0.3 is 0 Å². The van der Waals surface area contributed by atoms with Crippen LogP contribution < -0.4 is 5.32 Å². The van der Waals surface area contributed by atoms with E-state index >= 15 is 0 Å². The lowest BCUT2D eigenvalue weighted by Gasteiger charge is -2.03. The van der Waals surface area contributed by atoms with Crippen molar-refractivity contribution < 1.29 is 13.2 Å². The number of halogens is 4. The molecule has 102 valence electrons. The summed E-state index contributed by atoms with van der Waals surface area (Å²) in [5.41, 5.74) is 0.870. The molecule has 0 aliphatic rings. The Labute approximate surface area is 124 Å². The Bertz CT molecular complexity index is 780. The first kappa shape index (κ1) is 13.4. The maximum atomic E-state index is 13.1. The molecule has 0 saturated heterocycles. The van der Waals surface area contributed by atoms with Crippen LogP contribution >= 0.6 is 27.3 Å². The van der Waals surface area contributed by atoms with Crippen molar-refractivity contribution in [2.24, 2.45) is 0 Å². The molecular formula is C13H6BrF3N2S. The maximum Gasteiger partial charge on any atom is 0.194 e. The summed E-state index contributed by atoms with van der Waals surface area (Å²) in [6, 6.07) is 7.37. The normalized spacial score (nSPS) is 11.0. The number of benzene rings is 2. The van der Waals surface area contributed by atoms with Crippen molar-refractivity contribution in [3.8, 4) is 0 Å². The van der Waals surface area contributed by atoms with Gasteiger partial charge in [-0.05, 0) is 18.2 Å². The zero-order valence-corrected chi connectivity index (χ0v) is 12.2. The number of aromatic nitrogens is 1. The van der Waals surface area contributed by atoms with Crippen LogP contribution in [0.25, 0.3) is 10.2 Å². The molecular weight excluding hydrogens is 353 g/mol. The lowest BCUT2D eigenvalue weighted by molar-refractivity contribution is 0.448. The van der Waals surface area contributed by atoms with Crippen LogP contribution in [0.1, 0.15) is 0 Å². The number of hydrogen-bond donors (Lipinski definition) is 1. The fourth-order valence-corrected chi connectivity index (χ4v) is 2.92. The lowest BCUT2D eigenvalue weighted by atomic mass is 10.3. The number of rotatable bonds is 2. The van der Waals surface area contributed by atoms with E-state index < -0.39 is 17.5 Å². The number of nitrogens with one attached hydrogen (secondary N) is 1. The molecule has 0 bridgehead atoms. The van der Waals surface area contributed by atoms with Crippen LogP contribution in [0.5, 0.6) is 0 Å². The first-order chi connectivity index (χ1) is 9.52. The summed E-state index contributed by atoms with van der Waals surface area (Å²) >= 11 is 4.67. The first-order valence-corrected chi connectivity index (χ1v) is 7.11. The fraction of sp³-hybridized carbons (Fsp3) is 0. The van der Waals surface area contributed by atoms with E-state index in [9.17, 15) is 13.2 Å². The molecule has 2 nitrogen and oxygen atoms in total. The van der Waals surface area contributed by atoms with Crippen LogP contribution in [-0.2, 0) is 0 Å². The van der Waals surface area contributed by atoms with E-state index in [1.165, 1.54) is 11.3 Å². The van der Waals surface area contributed by atoms with Gasteiger partial charge in [0.15, 0.2) is 22.6 Å². The Morgan fingerprint density at radius 3 is 2.45 bits per heavy atom. The molecule has 3 aromatic rings. The van der Waals surface area contributed by atoms with Crippen molar-refractivity contribution in [2.75, 3.05) is 5.32 Å². The number of nitrogens with zero attached hydrogens (tertiary/aromatic N) is 1. The van der Waals surface area contributed by atoms with Crippen molar-refractivity contribution in [3.63, 3.8) is 0 Å². The molecule has 0 atom stereocenters. The highest BCUT2D eigenvalue weighted by Gasteiger charge is 2.12. The van der Waals surface area contributed by atoms with E-state index in [0.717, 1.165) is 26.8 Å². The largest absolute Gasteiger partial charge is 0.331 e. The fourth-order valence-electron chi connectivity index (χ4n) is 1.71. The molecule has 20 heavy (non-hydrogen) atoms. The molecule has 7 heteroatoms. The van der Waals surface area contributed by atoms with Gasteiger partial charge in [-0.15, -0.1) is 0 Å². The van der Waals surface area contributed by atoms with Gasteiger partial charge in [-0.25, -0.2) is 18.2 Å². The van der Waals surface area contributed by atoms with Crippen LogP contribution in [0.15, 0.2) is 34.8 Å². The SMILES string of the molecule is Fc1cc(Nc2nc3cc(Br)ccc3s2)cc(F)c1F. The molecule has 0 amide bonds. The topological polar surface area (TPSA) is 24.9 Å². The number of thiazole rings is 1. The highest BCUT2D eigenvalue weighted by molar-refractivity contribution is 9.10. The second-order valence-corrected chi connectivity index (χ2v) is 5.96. The van der Waals surface area contributed by atoms with E-state index in [0.29, 0.717) is 5.13 Å². The van der Waals surface area contributed by atoms with Crippen molar-refractivity contribution in [3.05, 3.63) is 52.3 Å². The predicted molar refractivity (Wildman–Crippen MR) is 76.9 cm³/mol. The first-order valence-electron chi connectivity index (χ1n) is 5.50. The van der Waals surface area contributed by atoms with Crippen LogP contribution in [-0.4, -0.2) is 4.98 Å². The van der Waals surface area contributed by atoms with Gasteiger partial charge in [0.2, 0.25) is 0 Å². The van der Waals surface area contributed by atoms with E-state index in [4.69, 9.17) is 0 Å². The third-order valence-corrected chi connectivity index (χ3v) is 4.03. The van der Waals surface area contributed by atoms with E-state index in [1.807, 2.05) is 18.2 Å². The minimum absolute atomic E-state index is 0.111. The summed E-state index contributed by atoms with van der Waals surface area (Å²) in [5.74, 6) is -3.96. The summed E-state index contributed by atoms with van der Waals surface area (Å²) in [7, 11) is 0. The zero-order chi connectivity index (χ0) is 14.3. The summed E-state index contributed by atoms with van der Waals surface area (Å²) in [6.07, 6.45) is 0. The minimum atomic E-state index is -1.48. The van der Waals surface area contributed by atoms with Gasteiger partial charge < -0.3 is 5.32 Å². The Kier molecular flexibility index (Phi) is 3.39. The van der Waals surface area contributed by atoms with Gasteiger partial charge in [0.25, 0.3) is 0 Å². The van der Waals surface area contributed by atoms with E-state index in [2.05, 4.69) is 26.2 Å². The summed E-state index contributed by atoms with van der Waals surface area (Å²) in [5, 5.41) is 3.24. The van der Waals surface area contributed by atoms with Crippen LogP contribution in [0.3, 0.4) is 0 Å². The average molecular weight is 359 g/mol. The molecule has 3 rings (SSSR count). The molecule has 0 saturated carbocycles. The van der Waals surface area contributed by atoms with Gasteiger partial charge in [0.05, 0.1) is 10.2 Å². The Morgan fingerprint density at radius 1 is 1.05 bits per heavy atom. The number of anilines is 2. The number of hydrogen-bond acceptors (Lipinski definition) is 3. The highest BCUT2D eigenvalue weighted by Crippen LogP contribution is 2.30. The van der Waals surface area contributed by atoms with Gasteiger partial charge in [-0.3, -0.25) is 0 Å². The predicted octanol–water partition coefficient (Wildman–Crippen LogP) is 5.22. The Morgan fingerprint density at radius 2 is 1.75 bits per heavy atom. The van der Waals surface area contributed by atoms with E-state index in [-0.39, 0.29) is 5.69 Å². The maximum absolute atomic E-state index is 13.1.